The van der Waals surface area contributed by atoms with E-state index < -0.39 is 0 Å². The molecule has 0 unspecified atom stereocenters. The van der Waals surface area contributed by atoms with Crippen molar-refractivity contribution >= 4 is 22.9 Å². The molecule has 0 N–H and O–H groups in total. The van der Waals surface area contributed by atoms with Crippen LogP contribution in [0.4, 0.5) is 0 Å². The van der Waals surface area contributed by atoms with Crippen LogP contribution in [0.1, 0.15) is 57.9 Å². The van der Waals surface area contributed by atoms with Crippen LogP contribution in [-0.4, -0.2) is 23.7 Å². The minimum absolute atomic E-state index is 0.0904. The summed E-state index contributed by atoms with van der Waals surface area (Å²) in [4.78, 5) is 29.9. The number of nitrogens with zero attached hydrogens (tertiary/aromatic N) is 1. The largest absolute Gasteiger partial charge is 0.378 e. The molecule has 1 saturated carbocycles. The average Bonchev–Trinajstić information content (AvgIpc) is 3.28. The van der Waals surface area contributed by atoms with Crippen molar-refractivity contribution in [3.8, 4) is 0 Å². The number of hydrogen-bond donors (Lipinski definition) is 0. The van der Waals surface area contributed by atoms with Gasteiger partial charge < -0.3 is 4.74 Å². The molecule has 3 rings (SSSR count). The van der Waals surface area contributed by atoms with Gasteiger partial charge in [0.15, 0.2) is 5.78 Å². The standard InChI is InChI=1S/C21H25NO3S/c1-14-7-8-16(19(9-14)21(24)15-5-3-4-6-15)10-18(23)11-20-22-17(12-25-2)13-26-20/h7-9,13,15H,3-6,10-12H2,1-2H3. The third kappa shape index (κ3) is 4.65. The number of aromatic nitrogens is 1. The van der Waals surface area contributed by atoms with E-state index in [1.165, 1.54) is 11.3 Å². The third-order valence-corrected chi connectivity index (χ3v) is 5.78. The predicted molar refractivity (Wildman–Crippen MR) is 103 cm³/mol. The normalized spacial score (nSPS) is 14.7. The number of benzene rings is 1. The van der Waals surface area contributed by atoms with E-state index in [1.54, 1.807) is 7.11 Å². The van der Waals surface area contributed by atoms with Gasteiger partial charge >= 0.3 is 0 Å². The first kappa shape index (κ1) is 18.9. The number of aryl methyl sites for hydroxylation is 1. The Morgan fingerprint density at radius 3 is 2.73 bits per heavy atom. The van der Waals surface area contributed by atoms with Crippen LogP contribution in [0.2, 0.25) is 0 Å². The van der Waals surface area contributed by atoms with Gasteiger partial charge in [0.1, 0.15) is 10.8 Å². The predicted octanol–water partition coefficient (Wildman–Crippen LogP) is 4.33. The summed E-state index contributed by atoms with van der Waals surface area (Å²) >= 11 is 1.48. The molecule has 0 spiro atoms. The second-order valence-corrected chi connectivity index (χ2v) is 8.01. The van der Waals surface area contributed by atoms with Crippen molar-refractivity contribution in [1.82, 2.24) is 4.98 Å². The summed E-state index contributed by atoms with van der Waals surface area (Å²) in [6.45, 7) is 2.45. The highest BCUT2D eigenvalue weighted by Gasteiger charge is 2.26. The Morgan fingerprint density at radius 2 is 2.00 bits per heavy atom. The molecule has 26 heavy (non-hydrogen) atoms. The minimum Gasteiger partial charge on any atom is -0.378 e. The smallest absolute Gasteiger partial charge is 0.166 e. The molecule has 2 aromatic rings. The van der Waals surface area contributed by atoms with Crippen molar-refractivity contribution in [1.29, 1.82) is 0 Å². The van der Waals surface area contributed by atoms with Gasteiger partial charge in [0.25, 0.3) is 0 Å². The Labute approximate surface area is 158 Å². The molecular formula is C21H25NO3S. The van der Waals surface area contributed by atoms with Gasteiger partial charge in [0.2, 0.25) is 0 Å². The number of Topliss-reactive ketones (excluding diaryl/α,β-unsaturated/α-hetero) is 2. The Bertz CT molecular complexity index is 790. The highest BCUT2D eigenvalue weighted by atomic mass is 32.1. The van der Waals surface area contributed by atoms with E-state index >= 15 is 0 Å². The van der Waals surface area contributed by atoms with Crippen molar-refractivity contribution in [3.05, 3.63) is 51.0 Å². The molecule has 0 atom stereocenters. The first-order valence-electron chi connectivity index (χ1n) is 9.14. The van der Waals surface area contributed by atoms with E-state index in [0.29, 0.717) is 13.0 Å². The van der Waals surface area contributed by atoms with Crippen LogP contribution in [0, 0.1) is 12.8 Å². The maximum absolute atomic E-state index is 12.9. The summed E-state index contributed by atoms with van der Waals surface area (Å²) in [5, 5.41) is 2.73. The minimum atomic E-state index is 0.0904. The van der Waals surface area contributed by atoms with Gasteiger partial charge in [-0.15, -0.1) is 11.3 Å². The quantitative estimate of drug-likeness (QED) is 0.648. The molecule has 1 aliphatic carbocycles. The maximum Gasteiger partial charge on any atom is 0.166 e. The van der Waals surface area contributed by atoms with E-state index in [4.69, 9.17) is 4.74 Å². The van der Waals surface area contributed by atoms with E-state index in [0.717, 1.165) is 53.1 Å². The lowest BCUT2D eigenvalue weighted by atomic mass is 9.90. The monoisotopic (exact) mass is 371 g/mol. The molecule has 5 heteroatoms. The van der Waals surface area contributed by atoms with E-state index in [9.17, 15) is 9.59 Å². The van der Waals surface area contributed by atoms with Gasteiger partial charge in [0.05, 0.1) is 18.7 Å². The maximum atomic E-state index is 12.9. The third-order valence-electron chi connectivity index (χ3n) is 4.88. The second-order valence-electron chi connectivity index (χ2n) is 7.06. The van der Waals surface area contributed by atoms with E-state index in [2.05, 4.69) is 4.98 Å². The first-order chi connectivity index (χ1) is 12.6. The molecular weight excluding hydrogens is 346 g/mol. The lowest BCUT2D eigenvalue weighted by Gasteiger charge is -2.13. The average molecular weight is 372 g/mol. The zero-order valence-corrected chi connectivity index (χ0v) is 16.2. The Kier molecular flexibility index (Phi) is 6.33. The van der Waals surface area contributed by atoms with Crippen molar-refractivity contribution in [2.24, 2.45) is 5.92 Å². The molecule has 0 radical (unpaired) electrons. The zero-order chi connectivity index (χ0) is 18.5. The number of carbonyl (C=O) groups excluding carboxylic acids is 2. The SMILES string of the molecule is COCc1csc(CC(=O)Cc2ccc(C)cc2C(=O)C2CCCC2)n1. The van der Waals surface area contributed by atoms with Crippen LogP contribution >= 0.6 is 11.3 Å². The fraction of sp³-hybridized carbons (Fsp3) is 0.476. The first-order valence-corrected chi connectivity index (χ1v) is 10.0. The number of methoxy groups -OCH3 is 1. The second kappa shape index (κ2) is 8.69. The van der Waals surface area contributed by atoms with Gasteiger partial charge in [-0.25, -0.2) is 4.98 Å². The van der Waals surface area contributed by atoms with E-state index in [-0.39, 0.29) is 23.9 Å². The molecule has 0 bridgehead atoms. The molecule has 138 valence electrons. The van der Waals surface area contributed by atoms with Crippen LogP contribution in [0.5, 0.6) is 0 Å². The molecule has 1 aromatic heterocycles. The molecule has 1 aromatic carbocycles. The van der Waals surface area contributed by atoms with E-state index in [1.807, 2.05) is 30.5 Å². The fourth-order valence-corrected chi connectivity index (χ4v) is 4.38. The van der Waals surface area contributed by atoms with Crippen LogP contribution in [-0.2, 0) is 29.0 Å². The van der Waals surface area contributed by atoms with Crippen molar-refractivity contribution in [3.63, 3.8) is 0 Å². The molecule has 1 fully saturated rings. The summed E-state index contributed by atoms with van der Waals surface area (Å²) in [6, 6.07) is 5.87. The Balaban J connectivity index is 1.71. The molecule has 1 aliphatic rings. The number of carbonyl (C=O) groups is 2. The summed E-state index contributed by atoms with van der Waals surface area (Å²) in [5.41, 5.74) is 3.51. The lowest BCUT2D eigenvalue weighted by Crippen LogP contribution is -2.16. The summed E-state index contributed by atoms with van der Waals surface area (Å²) in [5.74, 6) is 0.430. The van der Waals surface area contributed by atoms with Crippen LogP contribution < -0.4 is 0 Å². The summed E-state index contributed by atoms with van der Waals surface area (Å²) in [7, 11) is 1.63. The van der Waals surface area contributed by atoms with Gasteiger partial charge in [-0.05, 0) is 31.4 Å². The fourth-order valence-electron chi connectivity index (χ4n) is 3.57. The number of thiazole rings is 1. The van der Waals surface area contributed by atoms with Crippen molar-refractivity contribution in [2.75, 3.05) is 7.11 Å². The van der Waals surface area contributed by atoms with Gasteiger partial charge in [-0.1, -0.05) is 30.5 Å². The Morgan fingerprint density at radius 1 is 1.23 bits per heavy atom. The highest BCUT2D eigenvalue weighted by Crippen LogP contribution is 2.29. The van der Waals surface area contributed by atoms with Gasteiger partial charge in [0, 0.05) is 30.4 Å². The summed E-state index contributed by atoms with van der Waals surface area (Å²) in [6.07, 6.45) is 4.80. The van der Waals surface area contributed by atoms with Crippen LogP contribution in [0.15, 0.2) is 23.6 Å². The summed E-state index contributed by atoms with van der Waals surface area (Å²) < 4.78 is 5.07. The topological polar surface area (TPSA) is 56.3 Å². The molecule has 0 aliphatic heterocycles. The van der Waals surface area contributed by atoms with Crippen LogP contribution in [0.25, 0.3) is 0 Å². The molecule has 0 amide bonds. The lowest BCUT2D eigenvalue weighted by molar-refractivity contribution is -0.117. The van der Waals surface area contributed by atoms with Crippen molar-refractivity contribution < 1.29 is 14.3 Å². The Hall–Kier alpha value is -1.85. The number of hydrogen-bond acceptors (Lipinski definition) is 5. The molecule has 1 heterocycles. The number of rotatable bonds is 8. The van der Waals surface area contributed by atoms with Gasteiger partial charge in [-0.2, -0.15) is 0 Å². The van der Waals surface area contributed by atoms with Crippen molar-refractivity contribution in [2.45, 2.75) is 52.1 Å². The van der Waals surface area contributed by atoms with Gasteiger partial charge in [-0.3, -0.25) is 9.59 Å². The zero-order valence-electron chi connectivity index (χ0n) is 15.4. The highest BCUT2D eigenvalue weighted by molar-refractivity contribution is 7.09. The number of ether oxygens (including phenoxy) is 1. The molecule has 0 saturated heterocycles. The molecule has 4 nitrogen and oxygen atoms in total. The van der Waals surface area contributed by atoms with Crippen LogP contribution in [0.3, 0.4) is 0 Å². The number of ketones is 2.